The van der Waals surface area contributed by atoms with Crippen LogP contribution in [0.1, 0.15) is 26.8 Å². The normalized spacial score (nSPS) is 10.4. The zero-order valence-electron chi connectivity index (χ0n) is 13.8. The minimum atomic E-state index is -0.448. The summed E-state index contributed by atoms with van der Waals surface area (Å²) in [5, 5.41) is 1.44. The Balaban J connectivity index is 0.000000460. The van der Waals surface area contributed by atoms with Gasteiger partial charge in [0.1, 0.15) is 0 Å². The molecule has 3 heteroatoms. The van der Waals surface area contributed by atoms with Gasteiger partial charge in [-0.2, -0.15) is 0 Å². The molecule has 2 aromatic rings. The molecule has 1 atom stereocenters. The van der Waals surface area contributed by atoms with Gasteiger partial charge >= 0.3 is 5.97 Å². The molecule has 0 N–H and O–H groups in total. The largest absolute Gasteiger partial charge is 0.469 e. The molecule has 0 fully saturated rings. The molecule has 0 amide bonds. The molecule has 0 saturated heterocycles. The van der Waals surface area contributed by atoms with E-state index >= 15 is 0 Å². The van der Waals surface area contributed by atoms with Gasteiger partial charge in [-0.25, -0.2) is 0 Å². The van der Waals surface area contributed by atoms with Gasteiger partial charge in [-0.15, -0.1) is 0 Å². The summed E-state index contributed by atoms with van der Waals surface area (Å²) in [6.45, 7) is 5.98. The lowest BCUT2D eigenvalue weighted by atomic mass is 9.86. The summed E-state index contributed by atoms with van der Waals surface area (Å²) in [7, 11) is 2.36. The third kappa shape index (κ3) is 7.95. The van der Waals surface area contributed by atoms with Crippen molar-refractivity contribution in [2.24, 2.45) is 5.41 Å². The number of methoxy groups -OCH3 is 1. The van der Waals surface area contributed by atoms with E-state index < -0.39 is 5.41 Å². The standard InChI is InChI=1S/C12H16O2.C7H9P.CH4/c1-12(2,11(13)14-3)9-10-7-5-4-6-8-10;1-8-7-5-3-2-4-6-7;/h4-8H,9H2,1-3H3;2-6,8H,1H3;1H4. The molecule has 2 rings (SSSR count). The molecule has 1 unspecified atom stereocenters. The molecule has 23 heavy (non-hydrogen) atoms. The zero-order chi connectivity index (χ0) is 16.4. The molecule has 0 radical (unpaired) electrons. The van der Waals surface area contributed by atoms with Crippen LogP contribution < -0.4 is 5.30 Å². The van der Waals surface area contributed by atoms with Gasteiger partial charge in [-0.05, 0) is 37.8 Å². The Hall–Kier alpha value is -1.66. The highest BCUT2D eigenvalue weighted by Gasteiger charge is 2.28. The molecule has 0 aromatic heterocycles. The van der Waals surface area contributed by atoms with Crippen LogP contribution in [0.25, 0.3) is 0 Å². The molecule has 0 aliphatic rings. The van der Waals surface area contributed by atoms with Crippen LogP contribution in [0.5, 0.6) is 0 Å². The highest BCUT2D eigenvalue weighted by atomic mass is 31.1. The summed E-state index contributed by atoms with van der Waals surface area (Å²) in [6, 6.07) is 20.5. The fraction of sp³-hybridized carbons (Fsp3) is 0.350. The lowest BCUT2D eigenvalue weighted by Gasteiger charge is -2.21. The fourth-order valence-corrected chi connectivity index (χ4v) is 2.59. The van der Waals surface area contributed by atoms with Gasteiger partial charge in [-0.1, -0.05) is 76.7 Å². The first-order valence-corrected chi connectivity index (χ1v) is 8.84. The van der Waals surface area contributed by atoms with Crippen molar-refractivity contribution in [1.29, 1.82) is 0 Å². The highest BCUT2D eigenvalue weighted by molar-refractivity contribution is 7.46. The minimum absolute atomic E-state index is 0. The fourth-order valence-electron chi connectivity index (χ4n) is 2.06. The van der Waals surface area contributed by atoms with Crippen molar-refractivity contribution >= 4 is 19.9 Å². The Labute approximate surface area is 143 Å². The van der Waals surface area contributed by atoms with Crippen molar-refractivity contribution in [3.05, 3.63) is 66.2 Å². The van der Waals surface area contributed by atoms with Gasteiger partial charge in [0.25, 0.3) is 0 Å². The van der Waals surface area contributed by atoms with E-state index in [2.05, 4.69) is 30.9 Å². The Morgan fingerprint density at radius 3 is 1.87 bits per heavy atom. The Kier molecular flexibility index (Phi) is 10.2. The minimum Gasteiger partial charge on any atom is -0.469 e. The summed E-state index contributed by atoms with van der Waals surface area (Å²) < 4.78 is 4.75. The van der Waals surface area contributed by atoms with E-state index in [1.165, 1.54) is 12.4 Å². The van der Waals surface area contributed by atoms with E-state index in [0.29, 0.717) is 6.42 Å². The van der Waals surface area contributed by atoms with E-state index in [1.807, 2.05) is 50.2 Å². The first kappa shape index (κ1) is 21.3. The van der Waals surface area contributed by atoms with Gasteiger partial charge in [0.05, 0.1) is 12.5 Å². The van der Waals surface area contributed by atoms with Crippen LogP contribution in [-0.4, -0.2) is 19.7 Å². The van der Waals surface area contributed by atoms with Gasteiger partial charge in [-0.3, -0.25) is 4.79 Å². The Morgan fingerprint density at radius 1 is 1.00 bits per heavy atom. The maximum Gasteiger partial charge on any atom is 0.311 e. The van der Waals surface area contributed by atoms with Crippen molar-refractivity contribution in [1.82, 2.24) is 0 Å². The predicted octanol–water partition coefficient (Wildman–Crippen LogP) is 4.68. The van der Waals surface area contributed by atoms with E-state index in [1.54, 1.807) is 0 Å². The second-order valence-electron chi connectivity index (χ2n) is 5.65. The molecule has 2 aromatic carbocycles. The monoisotopic (exact) mass is 332 g/mol. The van der Waals surface area contributed by atoms with Crippen LogP contribution in [0.2, 0.25) is 0 Å². The quantitative estimate of drug-likeness (QED) is 0.600. The van der Waals surface area contributed by atoms with Crippen LogP contribution in [0.4, 0.5) is 0 Å². The second-order valence-corrected chi connectivity index (χ2v) is 6.73. The van der Waals surface area contributed by atoms with Crippen LogP contribution in [0.15, 0.2) is 60.7 Å². The van der Waals surface area contributed by atoms with Gasteiger partial charge < -0.3 is 4.74 Å². The van der Waals surface area contributed by atoms with E-state index in [4.69, 9.17) is 4.74 Å². The van der Waals surface area contributed by atoms with Crippen LogP contribution in [0, 0.1) is 5.41 Å². The topological polar surface area (TPSA) is 26.3 Å². The molecule has 0 saturated carbocycles. The number of rotatable bonds is 4. The molecular formula is C20H29O2P. The van der Waals surface area contributed by atoms with Crippen LogP contribution in [0.3, 0.4) is 0 Å². The molecule has 0 aliphatic carbocycles. The summed E-state index contributed by atoms with van der Waals surface area (Å²) in [5.74, 6) is -0.165. The highest BCUT2D eigenvalue weighted by Crippen LogP contribution is 2.23. The van der Waals surface area contributed by atoms with Gasteiger partial charge in [0.15, 0.2) is 0 Å². The number of esters is 1. The van der Waals surface area contributed by atoms with E-state index in [0.717, 1.165) is 14.1 Å². The molecule has 2 nitrogen and oxygen atoms in total. The lowest BCUT2D eigenvalue weighted by Crippen LogP contribution is -2.27. The van der Waals surface area contributed by atoms with E-state index in [9.17, 15) is 4.79 Å². The third-order valence-electron chi connectivity index (χ3n) is 3.29. The van der Waals surface area contributed by atoms with Crippen molar-refractivity contribution < 1.29 is 9.53 Å². The summed E-state index contributed by atoms with van der Waals surface area (Å²) in [6.07, 6.45) is 0.709. The molecule has 0 aliphatic heterocycles. The Bertz CT molecular complexity index is 550. The molecular weight excluding hydrogens is 303 g/mol. The van der Waals surface area contributed by atoms with Crippen molar-refractivity contribution in [3.63, 3.8) is 0 Å². The van der Waals surface area contributed by atoms with Crippen LogP contribution in [-0.2, 0) is 16.0 Å². The smallest absolute Gasteiger partial charge is 0.311 e. The summed E-state index contributed by atoms with van der Waals surface area (Å²) in [5.41, 5.74) is 0.707. The lowest BCUT2D eigenvalue weighted by molar-refractivity contribution is -0.150. The molecule has 0 spiro atoms. The number of carbonyl (C=O) groups is 1. The average molecular weight is 332 g/mol. The SMILES string of the molecule is C.COC(=O)C(C)(C)Cc1ccccc1.CPc1ccccc1. The van der Waals surface area contributed by atoms with Crippen molar-refractivity contribution in [2.75, 3.05) is 13.8 Å². The predicted molar refractivity (Wildman–Crippen MR) is 103 cm³/mol. The number of ether oxygens (including phenoxy) is 1. The number of benzene rings is 2. The van der Waals surface area contributed by atoms with Crippen molar-refractivity contribution in [3.8, 4) is 0 Å². The molecule has 0 heterocycles. The molecule has 126 valence electrons. The zero-order valence-corrected chi connectivity index (χ0v) is 14.8. The van der Waals surface area contributed by atoms with Gasteiger partial charge in [0, 0.05) is 0 Å². The maximum atomic E-state index is 11.4. The van der Waals surface area contributed by atoms with Gasteiger partial charge in [0.2, 0.25) is 0 Å². The maximum absolute atomic E-state index is 11.4. The first-order valence-electron chi connectivity index (χ1n) is 7.34. The Morgan fingerprint density at radius 2 is 1.48 bits per heavy atom. The molecule has 0 bridgehead atoms. The number of hydrogen-bond acceptors (Lipinski definition) is 2. The van der Waals surface area contributed by atoms with Crippen molar-refractivity contribution in [2.45, 2.75) is 27.7 Å². The average Bonchev–Trinajstić information content (AvgIpc) is 2.56. The number of hydrogen-bond donors (Lipinski definition) is 0. The summed E-state index contributed by atoms with van der Waals surface area (Å²) in [4.78, 5) is 11.4. The summed E-state index contributed by atoms with van der Waals surface area (Å²) >= 11 is 0. The second kappa shape index (κ2) is 11.0. The third-order valence-corrected chi connectivity index (χ3v) is 4.20. The first-order chi connectivity index (χ1) is 10.5. The van der Waals surface area contributed by atoms with Crippen LogP contribution >= 0.6 is 8.58 Å². The number of carbonyl (C=O) groups excluding carboxylic acids is 1. The van der Waals surface area contributed by atoms with E-state index in [-0.39, 0.29) is 13.4 Å².